The molecule has 1 aliphatic heterocycles. The summed E-state index contributed by atoms with van der Waals surface area (Å²) in [6.45, 7) is 0.370. The van der Waals surface area contributed by atoms with Gasteiger partial charge in [-0.15, -0.1) is 0 Å². The van der Waals surface area contributed by atoms with E-state index in [2.05, 4.69) is 23.2 Å². The van der Waals surface area contributed by atoms with Crippen LogP contribution in [-0.4, -0.2) is 20.1 Å². The lowest BCUT2D eigenvalue weighted by Crippen LogP contribution is -2.20. The van der Waals surface area contributed by atoms with Crippen LogP contribution in [0.25, 0.3) is 11.3 Å². The molecule has 0 spiro atoms. The summed E-state index contributed by atoms with van der Waals surface area (Å²) in [5, 5.41) is 0.669. The van der Waals surface area contributed by atoms with Crippen molar-refractivity contribution in [2.24, 2.45) is 0 Å². The zero-order chi connectivity index (χ0) is 16.8. The van der Waals surface area contributed by atoms with Crippen LogP contribution in [0.3, 0.4) is 0 Å². The van der Waals surface area contributed by atoms with E-state index in [1.54, 1.807) is 11.3 Å². The molecule has 118 valence electrons. The van der Waals surface area contributed by atoms with E-state index in [1.807, 2.05) is 20.0 Å². The molecule has 0 bridgehead atoms. The molecule has 0 radical (unpaired) electrons. The Balaban J connectivity index is 1.57. The number of rotatable bonds is 3. The zero-order valence-corrected chi connectivity index (χ0v) is 14.1. The third-order valence-corrected chi connectivity index (χ3v) is 5.44. The van der Waals surface area contributed by atoms with Crippen LogP contribution in [0, 0.1) is 0 Å². The Morgan fingerprint density at radius 3 is 2.79 bits per heavy atom. The molecule has 1 aromatic heterocycles. The summed E-state index contributed by atoms with van der Waals surface area (Å²) in [5.41, 5.74) is 24.6. The lowest BCUT2D eigenvalue weighted by molar-refractivity contribution is 0.306. The smallest absolute Gasteiger partial charge is 0.273 e. The molecule has 5 nitrogen and oxygen atoms in total. The number of nitrogens with two attached hydrogens (primary N) is 3. The van der Waals surface area contributed by atoms with E-state index in [0.717, 1.165) is 24.0 Å². The molecule has 24 heavy (non-hydrogen) atoms. The second-order valence-electron chi connectivity index (χ2n) is 5.95. The Labute approximate surface area is 145 Å². The molecule has 0 saturated carbocycles. The van der Waals surface area contributed by atoms with Gasteiger partial charge in [0.05, 0.1) is 22.8 Å². The van der Waals surface area contributed by atoms with E-state index < -0.39 is 0 Å². The molecule has 2 aromatic carbocycles. The number of hydrogen-bond donors (Lipinski definition) is 3. The Kier molecular flexibility index (Phi) is 3.42. The van der Waals surface area contributed by atoms with Crippen molar-refractivity contribution in [2.75, 3.05) is 17.2 Å². The van der Waals surface area contributed by atoms with Gasteiger partial charge in [0.2, 0.25) is 7.28 Å². The lowest BCUT2D eigenvalue weighted by Gasteiger charge is -2.13. The van der Waals surface area contributed by atoms with Crippen molar-refractivity contribution in [2.45, 2.75) is 6.61 Å². The van der Waals surface area contributed by atoms with Crippen LogP contribution < -0.4 is 37.6 Å². The number of thiazole rings is 1. The summed E-state index contributed by atoms with van der Waals surface area (Å²) in [6, 6.07) is 10.2. The van der Waals surface area contributed by atoms with Crippen molar-refractivity contribution in [3.05, 3.63) is 35.9 Å². The third kappa shape index (κ3) is 2.30. The molecule has 0 fully saturated rings. The van der Waals surface area contributed by atoms with Crippen LogP contribution in [0.2, 0.25) is 0 Å². The minimum Gasteiger partial charge on any atom is -0.465 e. The van der Waals surface area contributed by atoms with Crippen molar-refractivity contribution in [1.29, 1.82) is 0 Å². The average Bonchev–Trinajstić information content (AvgIpc) is 3.12. The molecule has 1 aliphatic rings. The predicted molar refractivity (Wildman–Crippen MR) is 106 cm³/mol. The Hall–Kier alpha value is -2.60. The molecule has 8 heteroatoms. The monoisotopic (exact) mass is 334 g/mol. The van der Waals surface area contributed by atoms with Crippen LogP contribution in [0.5, 0.6) is 5.19 Å². The summed E-state index contributed by atoms with van der Waals surface area (Å²) >= 11 is 1.59. The number of anilines is 3. The van der Waals surface area contributed by atoms with E-state index in [1.165, 1.54) is 15.8 Å². The van der Waals surface area contributed by atoms with Gasteiger partial charge in [-0.1, -0.05) is 46.5 Å². The number of nitrogen functional groups attached to an aromatic ring is 3. The normalized spacial score (nSPS) is 11.7. The first-order valence-electron chi connectivity index (χ1n) is 7.68. The zero-order valence-electron chi connectivity index (χ0n) is 13.3. The minimum atomic E-state index is 0.370. The number of aromatic nitrogens is 1. The highest BCUT2D eigenvalue weighted by Gasteiger charge is 2.24. The van der Waals surface area contributed by atoms with E-state index in [4.69, 9.17) is 21.9 Å². The Morgan fingerprint density at radius 1 is 1.17 bits per heavy atom. The maximum atomic E-state index is 5.99. The summed E-state index contributed by atoms with van der Waals surface area (Å²) in [6.07, 6.45) is 0. The first-order valence-corrected chi connectivity index (χ1v) is 8.50. The number of hydrogen-bond acceptors (Lipinski definition) is 6. The van der Waals surface area contributed by atoms with Crippen molar-refractivity contribution in [1.82, 2.24) is 4.98 Å². The molecule has 0 atom stereocenters. The van der Waals surface area contributed by atoms with Crippen LogP contribution in [0.4, 0.5) is 17.1 Å². The summed E-state index contributed by atoms with van der Waals surface area (Å²) in [4.78, 5) is 4.65. The fraction of sp³-hybridized carbons (Fsp3) is 0.0625. The fourth-order valence-corrected chi connectivity index (χ4v) is 3.94. The minimum absolute atomic E-state index is 0.370. The summed E-state index contributed by atoms with van der Waals surface area (Å²) in [5.74, 6) is 0. The molecular formula is C16H16B2N4OS. The molecule has 0 aliphatic carbocycles. The van der Waals surface area contributed by atoms with Crippen LogP contribution in [-0.2, 0) is 6.61 Å². The van der Waals surface area contributed by atoms with Crippen molar-refractivity contribution in [3.63, 3.8) is 0 Å². The second kappa shape index (κ2) is 5.49. The van der Waals surface area contributed by atoms with Gasteiger partial charge in [0.1, 0.15) is 14.5 Å². The molecule has 4 rings (SSSR count). The molecule has 0 unspecified atom stereocenters. The van der Waals surface area contributed by atoms with Gasteiger partial charge >= 0.3 is 0 Å². The number of ether oxygens (including phenoxy) is 1. The first-order chi connectivity index (χ1) is 11.5. The van der Waals surface area contributed by atoms with Gasteiger partial charge in [-0.05, 0) is 17.2 Å². The third-order valence-electron chi connectivity index (χ3n) is 4.47. The highest BCUT2D eigenvalue weighted by Crippen LogP contribution is 2.28. The average molecular weight is 334 g/mol. The summed E-state index contributed by atoms with van der Waals surface area (Å²) < 4.78 is 7.14. The molecule has 2 heterocycles. The predicted octanol–water partition coefficient (Wildman–Crippen LogP) is -0.905. The van der Waals surface area contributed by atoms with Gasteiger partial charge in [0.15, 0.2) is 0 Å². The van der Waals surface area contributed by atoms with Crippen LogP contribution >= 0.6 is 11.3 Å². The van der Waals surface area contributed by atoms with Crippen LogP contribution in [0.15, 0.2) is 30.3 Å². The van der Waals surface area contributed by atoms with E-state index >= 15 is 0 Å². The first kappa shape index (κ1) is 15.0. The van der Waals surface area contributed by atoms with Gasteiger partial charge in [-0.3, -0.25) is 0 Å². The number of fused-ring (bicyclic) bond motifs is 3. The molecule has 3 aromatic rings. The van der Waals surface area contributed by atoms with Crippen molar-refractivity contribution in [3.8, 4) is 16.5 Å². The van der Waals surface area contributed by atoms with Gasteiger partial charge in [-0.25, -0.2) is 4.98 Å². The molecule has 0 saturated heterocycles. The van der Waals surface area contributed by atoms with E-state index in [-0.39, 0.29) is 0 Å². The van der Waals surface area contributed by atoms with Crippen molar-refractivity contribution >= 4 is 59.2 Å². The van der Waals surface area contributed by atoms with E-state index in [0.29, 0.717) is 28.9 Å². The van der Waals surface area contributed by atoms with Crippen molar-refractivity contribution < 1.29 is 4.74 Å². The summed E-state index contributed by atoms with van der Waals surface area (Å²) in [7, 11) is 2.84. The molecular weight excluding hydrogens is 318 g/mol. The maximum absolute atomic E-state index is 5.99. The molecule has 6 N–H and O–H groups in total. The quantitative estimate of drug-likeness (QED) is 0.333. The van der Waals surface area contributed by atoms with Gasteiger partial charge in [0.25, 0.3) is 5.19 Å². The van der Waals surface area contributed by atoms with Gasteiger partial charge in [0, 0.05) is 4.78 Å². The second-order valence-corrected chi connectivity index (χ2v) is 7.00. The Morgan fingerprint density at radius 2 is 1.96 bits per heavy atom. The lowest BCUT2D eigenvalue weighted by atomic mass is 9.73. The number of benzene rings is 2. The highest BCUT2D eigenvalue weighted by atomic mass is 32.1. The standard InChI is InChI=1S/C16H16B2N4OS/c17-11-7(5-10(19)12(20)13(11)21)6-23-16-22-14-8-3-1-2-4-9(8)18-15(14)24-16/h1-5,18H,6,17,19-21H2. The van der Waals surface area contributed by atoms with Gasteiger partial charge in [-0.2, -0.15) is 0 Å². The van der Waals surface area contributed by atoms with Gasteiger partial charge < -0.3 is 21.9 Å². The SMILES string of the molecule is Bc1c(COc2nc3c(s2)Bc2ccccc2-3)cc(N)c(N)c1N. The largest absolute Gasteiger partial charge is 0.465 e. The number of nitrogens with zero attached hydrogens (tertiary/aromatic N) is 1. The molecule has 0 amide bonds. The fourth-order valence-electron chi connectivity index (χ4n) is 2.99. The van der Waals surface area contributed by atoms with Crippen LogP contribution in [0.1, 0.15) is 5.56 Å². The van der Waals surface area contributed by atoms with E-state index in [9.17, 15) is 0 Å². The topological polar surface area (TPSA) is 100 Å². The maximum Gasteiger partial charge on any atom is 0.273 e. The highest BCUT2D eigenvalue weighted by molar-refractivity contribution is 7.25. The Bertz CT molecular complexity index is 957.